The third kappa shape index (κ3) is 2.58. The summed E-state index contributed by atoms with van der Waals surface area (Å²) in [5.74, 6) is -0.868. The predicted molar refractivity (Wildman–Crippen MR) is 97.3 cm³/mol. The van der Waals surface area contributed by atoms with Crippen LogP contribution in [0.1, 0.15) is 31.2 Å². The molecule has 4 unspecified atom stereocenters. The molecule has 1 aromatic carbocycles. The number of allylic oxidation sites excluding steroid dienone is 2. The fourth-order valence-electron chi connectivity index (χ4n) is 4.28. The molecule has 0 aliphatic heterocycles. The molecular formula is C20H17BrN4. The molecule has 4 nitrogen and oxygen atoms in total. The van der Waals surface area contributed by atoms with E-state index in [0.29, 0.717) is 5.92 Å². The van der Waals surface area contributed by atoms with E-state index >= 15 is 0 Å². The molecule has 0 aromatic heterocycles. The van der Waals surface area contributed by atoms with Gasteiger partial charge in [-0.1, -0.05) is 41.1 Å². The molecule has 1 aromatic rings. The second kappa shape index (κ2) is 6.47. The van der Waals surface area contributed by atoms with Crippen LogP contribution in [0.15, 0.2) is 40.4 Å². The minimum absolute atomic E-state index is 0.0731. The summed E-state index contributed by atoms with van der Waals surface area (Å²) in [5, 5.41) is 38.0. The molecule has 1 saturated carbocycles. The molecule has 5 heteroatoms. The van der Waals surface area contributed by atoms with E-state index in [2.05, 4.69) is 47.1 Å². The molecule has 0 heterocycles. The van der Waals surface area contributed by atoms with Crippen LogP contribution in [0.5, 0.6) is 0 Å². The smallest absolute Gasteiger partial charge is 0.189 e. The number of halogens is 1. The first-order valence-corrected chi connectivity index (χ1v) is 9.04. The summed E-state index contributed by atoms with van der Waals surface area (Å²) in [6, 6.07) is 14.0. The predicted octanol–water partition coefficient (Wildman–Crippen LogP) is 4.71. The first-order chi connectivity index (χ1) is 12.0. The second-order valence-corrected chi connectivity index (χ2v) is 7.84. The van der Waals surface area contributed by atoms with Gasteiger partial charge in [-0.25, -0.2) is 0 Å². The Morgan fingerprint density at radius 3 is 2.56 bits per heavy atom. The molecule has 0 spiro atoms. The Labute approximate surface area is 156 Å². The first kappa shape index (κ1) is 17.4. The molecule has 2 aliphatic rings. The van der Waals surface area contributed by atoms with Gasteiger partial charge in [0.2, 0.25) is 0 Å². The van der Waals surface area contributed by atoms with Gasteiger partial charge in [-0.3, -0.25) is 0 Å². The van der Waals surface area contributed by atoms with E-state index < -0.39 is 17.3 Å². The number of benzene rings is 1. The average Bonchev–Trinajstić information content (AvgIpc) is 2.61. The van der Waals surface area contributed by atoms with E-state index in [1.807, 2.05) is 24.3 Å². The van der Waals surface area contributed by atoms with Gasteiger partial charge >= 0.3 is 0 Å². The lowest BCUT2D eigenvalue weighted by Gasteiger charge is -2.46. The minimum Gasteiger partial charge on any atom is -0.305 e. The highest BCUT2D eigenvalue weighted by atomic mass is 79.9. The zero-order chi connectivity index (χ0) is 18.2. The summed E-state index contributed by atoms with van der Waals surface area (Å²) in [4.78, 5) is 0. The van der Waals surface area contributed by atoms with Crippen molar-refractivity contribution in [2.75, 3.05) is 0 Å². The monoisotopic (exact) mass is 392 g/mol. The van der Waals surface area contributed by atoms with Crippen molar-refractivity contribution in [1.82, 2.24) is 0 Å². The molecule has 124 valence electrons. The van der Waals surface area contributed by atoms with Crippen molar-refractivity contribution < 1.29 is 0 Å². The number of nitrogens with zero attached hydrogens (tertiary/aromatic N) is 3. The molecule has 0 amide bonds. The Balaban J connectivity index is 2.28. The number of hydrogen-bond acceptors (Lipinski definition) is 4. The number of rotatable bonds is 1. The molecule has 3 rings (SSSR count). The van der Waals surface area contributed by atoms with Crippen LogP contribution in [0.3, 0.4) is 0 Å². The van der Waals surface area contributed by atoms with Crippen LogP contribution in [0.4, 0.5) is 0 Å². The summed E-state index contributed by atoms with van der Waals surface area (Å²) < 4.78 is 0.873. The van der Waals surface area contributed by atoms with Gasteiger partial charge in [0.1, 0.15) is 5.92 Å². The highest BCUT2D eigenvalue weighted by molar-refractivity contribution is 9.10. The second-order valence-electron chi connectivity index (χ2n) is 6.93. The van der Waals surface area contributed by atoms with Crippen LogP contribution in [-0.2, 0) is 0 Å². The normalized spacial score (nSPS) is 30.2. The van der Waals surface area contributed by atoms with Gasteiger partial charge in [0, 0.05) is 10.4 Å². The Bertz CT molecular complexity index is 866. The van der Waals surface area contributed by atoms with E-state index in [0.717, 1.165) is 28.5 Å². The summed E-state index contributed by atoms with van der Waals surface area (Å²) in [5.41, 5.74) is 0.0858. The van der Waals surface area contributed by atoms with Crippen molar-refractivity contribution >= 4 is 21.6 Å². The van der Waals surface area contributed by atoms with Crippen LogP contribution < -0.4 is 0 Å². The van der Waals surface area contributed by atoms with Crippen LogP contribution in [-0.4, -0.2) is 5.71 Å². The maximum Gasteiger partial charge on any atom is 0.189 e. The molecule has 0 bridgehead atoms. The van der Waals surface area contributed by atoms with E-state index in [9.17, 15) is 15.8 Å². The highest BCUT2D eigenvalue weighted by Crippen LogP contribution is 2.55. The summed E-state index contributed by atoms with van der Waals surface area (Å²) >= 11 is 3.46. The van der Waals surface area contributed by atoms with Gasteiger partial charge in [-0.2, -0.15) is 15.8 Å². The quantitative estimate of drug-likeness (QED) is 0.700. The standard InChI is InChI=1S/C20H17BrN4/c1-12-5-6-15-16(7-12)18(13-3-2-4-14(21)8-13)20(10-23,11-24)19(25)17(15)9-22/h2-4,6,8,12,16-18,25H,5,7H2,1H3. The molecule has 0 saturated heterocycles. The average molecular weight is 393 g/mol. The Morgan fingerprint density at radius 2 is 1.96 bits per heavy atom. The molecule has 1 N–H and O–H groups in total. The lowest BCUT2D eigenvalue weighted by molar-refractivity contribution is 0.283. The SMILES string of the molecule is CC1CC=C2C(C#N)C(=N)C(C#N)(C#N)C(c3cccc(Br)c3)C2C1. The van der Waals surface area contributed by atoms with Crippen molar-refractivity contribution in [3.8, 4) is 18.2 Å². The molecule has 25 heavy (non-hydrogen) atoms. The third-order valence-corrected chi connectivity index (χ3v) is 5.94. The van der Waals surface area contributed by atoms with Crippen molar-refractivity contribution in [3.05, 3.63) is 46.0 Å². The minimum atomic E-state index is -1.61. The third-order valence-electron chi connectivity index (χ3n) is 5.45. The zero-order valence-corrected chi connectivity index (χ0v) is 15.4. The molecule has 0 radical (unpaired) electrons. The summed E-state index contributed by atoms with van der Waals surface area (Å²) in [6.07, 6.45) is 3.75. The Kier molecular flexibility index (Phi) is 4.51. The van der Waals surface area contributed by atoms with Crippen LogP contribution >= 0.6 is 15.9 Å². The van der Waals surface area contributed by atoms with Crippen molar-refractivity contribution in [2.24, 2.45) is 23.2 Å². The van der Waals surface area contributed by atoms with E-state index in [1.165, 1.54) is 0 Å². The number of fused-ring (bicyclic) bond motifs is 1. The van der Waals surface area contributed by atoms with Gasteiger partial charge in [0.15, 0.2) is 5.41 Å². The summed E-state index contributed by atoms with van der Waals surface area (Å²) in [6.45, 7) is 2.15. The highest BCUT2D eigenvalue weighted by Gasteiger charge is 2.57. The van der Waals surface area contributed by atoms with Crippen molar-refractivity contribution in [1.29, 1.82) is 21.2 Å². The number of nitriles is 3. The summed E-state index contributed by atoms with van der Waals surface area (Å²) in [7, 11) is 0. The fourth-order valence-corrected chi connectivity index (χ4v) is 4.70. The topological polar surface area (TPSA) is 95.2 Å². The molecule has 4 atom stereocenters. The molecular weight excluding hydrogens is 376 g/mol. The van der Waals surface area contributed by atoms with Crippen LogP contribution in [0.25, 0.3) is 0 Å². The van der Waals surface area contributed by atoms with Gasteiger partial charge < -0.3 is 5.41 Å². The largest absolute Gasteiger partial charge is 0.305 e. The van der Waals surface area contributed by atoms with Gasteiger partial charge in [0.05, 0.1) is 23.9 Å². The maximum atomic E-state index is 9.93. The van der Waals surface area contributed by atoms with Gasteiger partial charge in [-0.15, -0.1) is 0 Å². The fraction of sp³-hybridized carbons (Fsp3) is 0.400. The lowest BCUT2D eigenvalue weighted by Crippen LogP contribution is -2.49. The molecule has 1 fully saturated rings. The van der Waals surface area contributed by atoms with Gasteiger partial charge in [0.25, 0.3) is 0 Å². The van der Waals surface area contributed by atoms with E-state index in [1.54, 1.807) is 0 Å². The Morgan fingerprint density at radius 1 is 1.24 bits per heavy atom. The first-order valence-electron chi connectivity index (χ1n) is 8.25. The Hall–Kier alpha value is -2.42. The lowest BCUT2D eigenvalue weighted by atomic mass is 9.52. The van der Waals surface area contributed by atoms with E-state index in [4.69, 9.17) is 5.41 Å². The van der Waals surface area contributed by atoms with Crippen LogP contribution in [0.2, 0.25) is 0 Å². The number of nitrogens with one attached hydrogen (secondary N) is 1. The van der Waals surface area contributed by atoms with Crippen molar-refractivity contribution in [3.63, 3.8) is 0 Å². The van der Waals surface area contributed by atoms with E-state index in [-0.39, 0.29) is 11.6 Å². The number of hydrogen-bond donors (Lipinski definition) is 1. The van der Waals surface area contributed by atoms with Crippen molar-refractivity contribution in [2.45, 2.75) is 25.7 Å². The molecule has 2 aliphatic carbocycles. The zero-order valence-electron chi connectivity index (χ0n) is 13.8. The van der Waals surface area contributed by atoms with Gasteiger partial charge in [-0.05, 0) is 47.9 Å². The maximum absolute atomic E-state index is 9.93. The van der Waals surface area contributed by atoms with Crippen LogP contribution in [0, 0.1) is 62.6 Å².